The highest BCUT2D eigenvalue weighted by Gasteiger charge is 2.27. The molecule has 0 unspecified atom stereocenters. The number of carbonyl (C=O) groups is 2. The number of benzene rings is 1. The van der Waals surface area contributed by atoms with E-state index in [0.717, 1.165) is 17.5 Å². The van der Waals surface area contributed by atoms with E-state index in [-0.39, 0.29) is 5.91 Å². The number of rotatable bonds is 4. The maximum absolute atomic E-state index is 12.2. The monoisotopic (exact) mass is 309 g/mol. The van der Waals surface area contributed by atoms with Gasteiger partial charge in [-0.1, -0.05) is 23.7 Å². The second kappa shape index (κ2) is 6.94. The molecule has 0 spiro atoms. The molecule has 0 aromatic heterocycles. The van der Waals surface area contributed by atoms with Crippen LogP contribution < -0.4 is 0 Å². The van der Waals surface area contributed by atoms with Crippen LogP contribution in [0.5, 0.6) is 0 Å². The summed E-state index contributed by atoms with van der Waals surface area (Å²) in [6.07, 6.45) is 2.45. The van der Waals surface area contributed by atoms with Crippen molar-refractivity contribution in [1.29, 1.82) is 0 Å². The molecule has 1 heterocycles. The number of aliphatic carboxylic acids is 1. The number of carboxylic acids is 1. The van der Waals surface area contributed by atoms with Gasteiger partial charge in [-0.05, 0) is 43.4 Å². The quantitative estimate of drug-likeness (QED) is 0.930. The Morgan fingerprint density at radius 2 is 2.19 bits per heavy atom. The Morgan fingerprint density at radius 1 is 1.43 bits per heavy atom. The van der Waals surface area contributed by atoms with Gasteiger partial charge in [-0.2, -0.15) is 0 Å². The zero-order valence-electron chi connectivity index (χ0n) is 12.1. The minimum atomic E-state index is -0.808. The van der Waals surface area contributed by atoms with E-state index in [1.54, 1.807) is 4.90 Å². The Labute approximate surface area is 129 Å². The van der Waals surface area contributed by atoms with Gasteiger partial charge in [-0.25, -0.2) is 0 Å². The average molecular weight is 310 g/mol. The summed E-state index contributed by atoms with van der Waals surface area (Å²) in [7, 11) is 0. The smallest absolute Gasteiger partial charge is 0.308 e. The molecule has 5 heteroatoms. The molecule has 1 saturated heterocycles. The molecule has 1 atom stereocenters. The van der Waals surface area contributed by atoms with Gasteiger partial charge >= 0.3 is 5.97 Å². The van der Waals surface area contributed by atoms with Crippen molar-refractivity contribution in [3.63, 3.8) is 0 Å². The van der Waals surface area contributed by atoms with Gasteiger partial charge in [-0.3, -0.25) is 9.59 Å². The van der Waals surface area contributed by atoms with Gasteiger partial charge in [-0.15, -0.1) is 0 Å². The SMILES string of the molecule is Cc1ccc(CCC(=O)N2CCC[C@@H](C(=O)O)C2)cc1Cl. The Balaban J connectivity index is 1.89. The van der Waals surface area contributed by atoms with E-state index in [1.165, 1.54) is 0 Å². The van der Waals surface area contributed by atoms with Gasteiger partial charge in [0.1, 0.15) is 0 Å². The van der Waals surface area contributed by atoms with E-state index in [2.05, 4.69) is 0 Å². The molecule has 0 aliphatic carbocycles. The second-order valence-electron chi connectivity index (χ2n) is 5.60. The molecule has 2 rings (SSSR count). The summed E-state index contributed by atoms with van der Waals surface area (Å²) in [6, 6.07) is 5.81. The van der Waals surface area contributed by atoms with Gasteiger partial charge in [0.05, 0.1) is 5.92 Å². The van der Waals surface area contributed by atoms with Gasteiger partial charge in [0.2, 0.25) is 5.91 Å². The molecule has 1 aromatic carbocycles. The van der Waals surface area contributed by atoms with E-state index in [1.807, 2.05) is 25.1 Å². The molecule has 1 aromatic rings. The summed E-state index contributed by atoms with van der Waals surface area (Å²) < 4.78 is 0. The largest absolute Gasteiger partial charge is 0.481 e. The van der Waals surface area contributed by atoms with Crippen LogP contribution in [-0.4, -0.2) is 35.0 Å². The fourth-order valence-corrected chi connectivity index (χ4v) is 2.81. The highest BCUT2D eigenvalue weighted by atomic mass is 35.5. The highest BCUT2D eigenvalue weighted by molar-refractivity contribution is 6.31. The zero-order valence-corrected chi connectivity index (χ0v) is 12.9. The van der Waals surface area contributed by atoms with Crippen molar-refractivity contribution in [2.24, 2.45) is 5.92 Å². The van der Waals surface area contributed by atoms with Gasteiger partial charge in [0, 0.05) is 24.5 Å². The van der Waals surface area contributed by atoms with Crippen molar-refractivity contribution in [2.75, 3.05) is 13.1 Å². The van der Waals surface area contributed by atoms with Crippen LogP contribution in [0.1, 0.15) is 30.4 Å². The first kappa shape index (κ1) is 15.8. The van der Waals surface area contributed by atoms with Crippen LogP contribution in [0, 0.1) is 12.8 Å². The molecule has 114 valence electrons. The van der Waals surface area contributed by atoms with Crippen LogP contribution in [0.3, 0.4) is 0 Å². The lowest BCUT2D eigenvalue weighted by molar-refractivity contribution is -0.145. The molecule has 0 radical (unpaired) electrons. The zero-order chi connectivity index (χ0) is 15.4. The van der Waals surface area contributed by atoms with Crippen molar-refractivity contribution in [3.8, 4) is 0 Å². The summed E-state index contributed by atoms with van der Waals surface area (Å²) in [5.74, 6) is -1.20. The molecular formula is C16H20ClNO3. The number of piperidine rings is 1. The molecular weight excluding hydrogens is 290 g/mol. The lowest BCUT2D eigenvalue weighted by atomic mass is 9.97. The minimum Gasteiger partial charge on any atom is -0.481 e. The number of carbonyl (C=O) groups excluding carboxylic acids is 1. The first-order chi connectivity index (χ1) is 9.97. The second-order valence-corrected chi connectivity index (χ2v) is 6.01. The summed E-state index contributed by atoms with van der Waals surface area (Å²) in [4.78, 5) is 24.9. The number of nitrogens with zero attached hydrogens (tertiary/aromatic N) is 1. The van der Waals surface area contributed by atoms with Crippen LogP contribution in [0.15, 0.2) is 18.2 Å². The van der Waals surface area contributed by atoms with Crippen molar-refractivity contribution in [2.45, 2.75) is 32.6 Å². The van der Waals surface area contributed by atoms with E-state index in [9.17, 15) is 9.59 Å². The number of hydrogen-bond acceptors (Lipinski definition) is 2. The number of hydrogen-bond donors (Lipinski definition) is 1. The lowest BCUT2D eigenvalue weighted by Gasteiger charge is -2.30. The standard InChI is InChI=1S/C16H20ClNO3/c1-11-4-5-12(9-14(11)17)6-7-15(19)18-8-2-3-13(10-18)16(20)21/h4-5,9,13H,2-3,6-8,10H2,1H3,(H,20,21)/t13-/m1/s1. The molecule has 0 bridgehead atoms. The van der Waals surface area contributed by atoms with Crippen molar-refractivity contribution in [1.82, 2.24) is 4.90 Å². The van der Waals surface area contributed by atoms with Gasteiger partial charge < -0.3 is 10.0 Å². The van der Waals surface area contributed by atoms with Crippen molar-refractivity contribution >= 4 is 23.5 Å². The average Bonchev–Trinajstić information content (AvgIpc) is 2.48. The van der Waals surface area contributed by atoms with Crippen molar-refractivity contribution < 1.29 is 14.7 Å². The number of likely N-dealkylation sites (tertiary alicyclic amines) is 1. The van der Waals surface area contributed by atoms with E-state index in [0.29, 0.717) is 37.4 Å². The number of carboxylic acid groups (broad SMARTS) is 1. The number of halogens is 1. The molecule has 21 heavy (non-hydrogen) atoms. The highest BCUT2D eigenvalue weighted by Crippen LogP contribution is 2.20. The summed E-state index contributed by atoms with van der Waals surface area (Å²) >= 11 is 6.07. The maximum Gasteiger partial charge on any atom is 0.308 e. The predicted molar refractivity (Wildman–Crippen MR) is 81.4 cm³/mol. The molecule has 1 aliphatic rings. The van der Waals surface area contributed by atoms with Crippen LogP contribution in [0.2, 0.25) is 5.02 Å². The normalized spacial score (nSPS) is 18.6. The van der Waals surface area contributed by atoms with Gasteiger partial charge in [0.25, 0.3) is 0 Å². The number of aryl methyl sites for hydroxylation is 2. The van der Waals surface area contributed by atoms with Crippen molar-refractivity contribution in [3.05, 3.63) is 34.3 Å². The Bertz CT molecular complexity index is 544. The first-order valence-corrected chi connectivity index (χ1v) is 7.61. The lowest BCUT2D eigenvalue weighted by Crippen LogP contribution is -2.42. The topological polar surface area (TPSA) is 57.6 Å². The minimum absolute atomic E-state index is 0.0256. The van der Waals surface area contributed by atoms with E-state index in [4.69, 9.17) is 16.7 Å². The van der Waals surface area contributed by atoms with E-state index >= 15 is 0 Å². The first-order valence-electron chi connectivity index (χ1n) is 7.23. The van der Waals surface area contributed by atoms with Crippen LogP contribution in [-0.2, 0) is 16.0 Å². The van der Waals surface area contributed by atoms with Gasteiger partial charge in [0.15, 0.2) is 0 Å². The summed E-state index contributed by atoms with van der Waals surface area (Å²) in [5, 5.41) is 9.76. The molecule has 0 saturated carbocycles. The fraction of sp³-hybridized carbons (Fsp3) is 0.500. The van der Waals surface area contributed by atoms with Crippen LogP contribution >= 0.6 is 11.6 Å². The molecule has 1 fully saturated rings. The molecule has 4 nitrogen and oxygen atoms in total. The molecule has 1 amide bonds. The Hall–Kier alpha value is -1.55. The Kier molecular flexibility index (Phi) is 5.23. The third kappa shape index (κ3) is 4.21. The molecule has 1 aliphatic heterocycles. The van der Waals surface area contributed by atoms with E-state index < -0.39 is 11.9 Å². The summed E-state index contributed by atoms with van der Waals surface area (Å²) in [5.41, 5.74) is 2.05. The Morgan fingerprint density at radius 3 is 2.86 bits per heavy atom. The summed E-state index contributed by atoms with van der Waals surface area (Å²) in [6.45, 7) is 2.94. The third-order valence-corrected chi connectivity index (χ3v) is 4.39. The number of amides is 1. The van der Waals surface area contributed by atoms with Crippen LogP contribution in [0.25, 0.3) is 0 Å². The van der Waals surface area contributed by atoms with Crippen LogP contribution in [0.4, 0.5) is 0 Å². The third-order valence-electron chi connectivity index (χ3n) is 3.99. The molecule has 1 N–H and O–H groups in total. The fourth-order valence-electron chi connectivity index (χ4n) is 2.61. The predicted octanol–water partition coefficient (Wildman–Crippen LogP) is 2.90. The maximum atomic E-state index is 12.2.